The number of aryl methyl sites for hydroxylation is 2. The molecule has 0 saturated heterocycles. The first-order valence-corrected chi connectivity index (χ1v) is 11.5. The molecule has 0 aliphatic carbocycles. The van der Waals surface area contributed by atoms with Gasteiger partial charge in [-0.05, 0) is 42.7 Å². The number of hydrogen-bond donors (Lipinski definition) is 1. The Labute approximate surface area is 178 Å². The van der Waals surface area contributed by atoms with E-state index in [1.54, 1.807) is 12.1 Å². The summed E-state index contributed by atoms with van der Waals surface area (Å²) in [6.07, 6.45) is 1.11. The second kappa shape index (κ2) is 9.13. The van der Waals surface area contributed by atoms with Crippen LogP contribution in [0.1, 0.15) is 28.3 Å². The number of anilines is 1. The Bertz CT molecular complexity index is 1110. The van der Waals surface area contributed by atoms with Gasteiger partial charge in [-0.2, -0.15) is 0 Å². The van der Waals surface area contributed by atoms with Gasteiger partial charge in [0.15, 0.2) is 0 Å². The molecule has 3 aromatic carbocycles. The van der Waals surface area contributed by atoms with Gasteiger partial charge in [-0.1, -0.05) is 72.3 Å². The Morgan fingerprint density at radius 3 is 2.10 bits per heavy atom. The normalized spacial score (nSPS) is 12.2. The van der Waals surface area contributed by atoms with E-state index in [1.807, 2.05) is 80.6 Å². The molecule has 0 spiro atoms. The maximum Gasteiger partial charge on any atom is 0.241 e. The number of benzene rings is 3. The minimum absolute atomic E-state index is 0.295. The van der Waals surface area contributed by atoms with Crippen LogP contribution in [0.2, 0.25) is 0 Å². The lowest BCUT2D eigenvalue weighted by Crippen LogP contribution is -2.42. The number of hydrogen-bond acceptors (Lipinski definition) is 3. The Balaban J connectivity index is 1.90. The molecule has 3 aromatic rings. The third-order valence-corrected chi connectivity index (χ3v) is 6.09. The van der Waals surface area contributed by atoms with Crippen LogP contribution in [0, 0.1) is 13.8 Å². The Morgan fingerprint density at radius 1 is 0.900 bits per heavy atom. The highest BCUT2D eigenvalue weighted by Crippen LogP contribution is 2.25. The lowest BCUT2D eigenvalue weighted by atomic mass is 9.95. The molecule has 156 valence electrons. The van der Waals surface area contributed by atoms with Crippen LogP contribution in [0.4, 0.5) is 5.69 Å². The van der Waals surface area contributed by atoms with Gasteiger partial charge < -0.3 is 5.32 Å². The van der Waals surface area contributed by atoms with E-state index < -0.39 is 10.0 Å². The zero-order valence-electron chi connectivity index (χ0n) is 17.4. The van der Waals surface area contributed by atoms with E-state index in [0.717, 1.165) is 32.8 Å². The Morgan fingerprint density at radius 2 is 1.50 bits per heavy atom. The van der Waals surface area contributed by atoms with Crippen molar-refractivity contribution >= 4 is 21.6 Å². The minimum Gasteiger partial charge on any atom is -0.344 e. The van der Waals surface area contributed by atoms with E-state index in [2.05, 4.69) is 5.32 Å². The van der Waals surface area contributed by atoms with Crippen LogP contribution in [0.15, 0.2) is 78.9 Å². The predicted octanol–water partition coefficient (Wildman–Crippen LogP) is 3.98. The van der Waals surface area contributed by atoms with E-state index in [0.29, 0.717) is 5.69 Å². The summed E-state index contributed by atoms with van der Waals surface area (Å²) >= 11 is 0. The average Bonchev–Trinajstić information content (AvgIpc) is 2.71. The zero-order valence-corrected chi connectivity index (χ0v) is 18.2. The number of carbonyl (C=O) groups excluding carboxylic acids is 1. The maximum atomic E-state index is 13.0. The van der Waals surface area contributed by atoms with Crippen LogP contribution in [-0.2, 0) is 14.8 Å². The second-order valence-electron chi connectivity index (χ2n) is 7.37. The molecule has 5 nitrogen and oxygen atoms in total. The first-order chi connectivity index (χ1) is 14.3. The van der Waals surface area contributed by atoms with Crippen LogP contribution in [0.25, 0.3) is 0 Å². The summed E-state index contributed by atoms with van der Waals surface area (Å²) in [5.41, 5.74) is 4.43. The largest absolute Gasteiger partial charge is 0.344 e. The summed E-state index contributed by atoms with van der Waals surface area (Å²) in [4.78, 5) is 13.0. The Kier molecular flexibility index (Phi) is 6.57. The third-order valence-electron chi connectivity index (χ3n) is 4.95. The summed E-state index contributed by atoms with van der Waals surface area (Å²) in [6, 6.07) is 24.2. The summed E-state index contributed by atoms with van der Waals surface area (Å²) in [5, 5.41) is 3.03. The number of carbonyl (C=O) groups is 1. The topological polar surface area (TPSA) is 66.5 Å². The number of amides is 1. The molecule has 0 unspecified atom stereocenters. The molecule has 0 fully saturated rings. The van der Waals surface area contributed by atoms with E-state index in [-0.39, 0.29) is 18.5 Å². The third kappa shape index (κ3) is 5.27. The van der Waals surface area contributed by atoms with Gasteiger partial charge in [0.05, 0.1) is 18.0 Å². The maximum absolute atomic E-state index is 13.0. The van der Waals surface area contributed by atoms with E-state index >= 15 is 0 Å². The van der Waals surface area contributed by atoms with Crippen LogP contribution >= 0.6 is 0 Å². The second-order valence-corrected chi connectivity index (χ2v) is 9.28. The van der Waals surface area contributed by atoms with Gasteiger partial charge in [0, 0.05) is 0 Å². The van der Waals surface area contributed by atoms with Crippen molar-refractivity contribution in [1.82, 2.24) is 5.32 Å². The molecule has 30 heavy (non-hydrogen) atoms. The number of nitrogens with one attached hydrogen (secondary N) is 1. The lowest BCUT2D eigenvalue weighted by molar-refractivity contribution is -0.120. The number of nitrogens with zero attached hydrogens (tertiary/aromatic N) is 1. The van der Waals surface area contributed by atoms with Gasteiger partial charge in [0.25, 0.3) is 0 Å². The summed E-state index contributed by atoms with van der Waals surface area (Å²) in [5.74, 6) is -0.377. The van der Waals surface area contributed by atoms with E-state index in [1.165, 1.54) is 0 Å². The van der Waals surface area contributed by atoms with Crippen LogP contribution < -0.4 is 9.62 Å². The van der Waals surface area contributed by atoms with Crippen molar-refractivity contribution in [2.45, 2.75) is 19.9 Å². The first-order valence-electron chi connectivity index (χ1n) is 9.70. The number of sulfonamides is 1. The van der Waals surface area contributed by atoms with Gasteiger partial charge in [-0.25, -0.2) is 8.42 Å². The minimum atomic E-state index is -3.63. The van der Waals surface area contributed by atoms with Crippen LogP contribution in [0.5, 0.6) is 0 Å². The molecule has 0 bridgehead atoms. The molecule has 1 N–H and O–H groups in total. The van der Waals surface area contributed by atoms with Crippen molar-refractivity contribution in [3.05, 3.63) is 101 Å². The van der Waals surface area contributed by atoms with Gasteiger partial charge in [-0.3, -0.25) is 9.10 Å². The van der Waals surface area contributed by atoms with Crippen molar-refractivity contribution < 1.29 is 13.2 Å². The van der Waals surface area contributed by atoms with Crippen LogP contribution in [0.3, 0.4) is 0 Å². The standard InChI is InChI=1S/C24H26N2O3S/c1-18-13-15-21(16-14-18)26(30(3,28)29)17-23(27)25-24(20-10-5-4-6-11-20)22-12-8-7-9-19(22)2/h4-16,24H,17H2,1-3H3,(H,25,27)/t24-/m0/s1. The molecule has 0 aliphatic rings. The molecule has 6 heteroatoms. The molecule has 0 heterocycles. The summed E-state index contributed by atoms with van der Waals surface area (Å²) < 4.78 is 25.9. The quantitative estimate of drug-likeness (QED) is 0.626. The van der Waals surface area contributed by atoms with Crippen molar-refractivity contribution in [2.75, 3.05) is 17.1 Å². The fourth-order valence-corrected chi connectivity index (χ4v) is 4.20. The molecule has 1 atom stereocenters. The zero-order chi connectivity index (χ0) is 21.7. The molecule has 0 aliphatic heterocycles. The fourth-order valence-electron chi connectivity index (χ4n) is 3.34. The summed E-state index contributed by atoms with van der Waals surface area (Å²) in [6.45, 7) is 3.62. The molecule has 1 amide bonds. The monoisotopic (exact) mass is 422 g/mol. The SMILES string of the molecule is Cc1ccc(N(CC(=O)N[C@@H](c2ccccc2)c2ccccc2C)S(C)(=O)=O)cc1. The molecular weight excluding hydrogens is 396 g/mol. The number of rotatable bonds is 7. The highest BCUT2D eigenvalue weighted by atomic mass is 32.2. The van der Waals surface area contributed by atoms with Crippen LogP contribution in [-0.4, -0.2) is 27.1 Å². The lowest BCUT2D eigenvalue weighted by Gasteiger charge is -2.25. The summed E-state index contributed by atoms with van der Waals surface area (Å²) in [7, 11) is -3.63. The molecule has 0 radical (unpaired) electrons. The van der Waals surface area contributed by atoms with Crippen molar-refractivity contribution in [2.24, 2.45) is 0 Å². The van der Waals surface area contributed by atoms with Crippen molar-refractivity contribution in [3.8, 4) is 0 Å². The Hall–Kier alpha value is -3.12. The first kappa shape index (κ1) is 21.6. The molecule has 0 aromatic heterocycles. The fraction of sp³-hybridized carbons (Fsp3) is 0.208. The van der Waals surface area contributed by atoms with Gasteiger partial charge >= 0.3 is 0 Å². The highest BCUT2D eigenvalue weighted by Gasteiger charge is 2.24. The van der Waals surface area contributed by atoms with E-state index in [4.69, 9.17) is 0 Å². The highest BCUT2D eigenvalue weighted by molar-refractivity contribution is 7.92. The van der Waals surface area contributed by atoms with Crippen molar-refractivity contribution in [1.29, 1.82) is 0 Å². The molecule has 3 rings (SSSR count). The van der Waals surface area contributed by atoms with Gasteiger partial charge in [0.2, 0.25) is 15.9 Å². The predicted molar refractivity (Wildman–Crippen MR) is 121 cm³/mol. The van der Waals surface area contributed by atoms with E-state index in [9.17, 15) is 13.2 Å². The van der Waals surface area contributed by atoms with Gasteiger partial charge in [0.1, 0.15) is 6.54 Å². The smallest absolute Gasteiger partial charge is 0.241 e. The van der Waals surface area contributed by atoms with Crippen molar-refractivity contribution in [3.63, 3.8) is 0 Å². The van der Waals surface area contributed by atoms with Gasteiger partial charge in [-0.15, -0.1) is 0 Å². The average molecular weight is 423 g/mol. The molecular formula is C24H26N2O3S. The molecule has 0 saturated carbocycles.